The van der Waals surface area contributed by atoms with Crippen molar-refractivity contribution in [2.45, 2.75) is 27.7 Å². The van der Waals surface area contributed by atoms with Gasteiger partial charge in [0, 0.05) is 0 Å². The summed E-state index contributed by atoms with van der Waals surface area (Å²) in [6.07, 6.45) is 0. The number of carbonyl (C=O) groups excluding carboxylic acids is 2. The van der Waals surface area contributed by atoms with Crippen LogP contribution < -0.4 is 0 Å². The Labute approximate surface area is 117 Å². The maximum atomic E-state index is 11.8. The van der Waals surface area contributed by atoms with Crippen LogP contribution in [0.3, 0.4) is 0 Å². The standard InChI is InChI=1S/2C5H11NO.BrH.Nd/c2*1-4(2)5(7)6-3;;/h2*4H,1-3H3,(H,6,7);1H;/q;;;+3/p-3. The Morgan fingerprint density at radius 3 is 1.38 bits per heavy atom. The van der Waals surface area contributed by atoms with Gasteiger partial charge in [0.05, 0.1) is 0 Å². The zero-order valence-corrected chi connectivity index (χ0v) is 15.5. The molecule has 0 heterocycles. The molecule has 0 unspecified atom stereocenters. The molecule has 0 spiro atoms. The van der Waals surface area contributed by atoms with E-state index in [1.165, 1.54) is 0 Å². The van der Waals surface area contributed by atoms with Crippen molar-refractivity contribution in [3.8, 4) is 0 Å². The van der Waals surface area contributed by atoms with Gasteiger partial charge in [-0.3, -0.25) is 0 Å². The van der Waals surface area contributed by atoms with Crippen LogP contribution in [0.2, 0.25) is 0 Å². The van der Waals surface area contributed by atoms with E-state index in [4.69, 9.17) is 0 Å². The Kier molecular flexibility index (Phi) is 7.61. The summed E-state index contributed by atoms with van der Waals surface area (Å²) in [7, 11) is 7.13. The summed E-state index contributed by atoms with van der Waals surface area (Å²) in [6.45, 7) is 7.48. The molecule has 93 valence electrons. The fourth-order valence-electron chi connectivity index (χ4n) is 1.18. The van der Waals surface area contributed by atoms with Crippen molar-refractivity contribution in [1.29, 1.82) is 0 Å². The molecule has 16 heavy (non-hydrogen) atoms. The zero-order chi connectivity index (χ0) is 13.0. The van der Waals surface area contributed by atoms with E-state index < -0.39 is 32.3 Å². The Hall–Kier alpha value is 0.771. The predicted molar refractivity (Wildman–Crippen MR) is 64.1 cm³/mol. The Balaban J connectivity index is 4.61. The van der Waals surface area contributed by atoms with E-state index in [9.17, 15) is 9.59 Å². The molecule has 2 amide bonds. The molecule has 0 atom stereocenters. The number of halogens is 1. The molecule has 0 fully saturated rings. The van der Waals surface area contributed by atoms with E-state index in [0.29, 0.717) is 0 Å². The molecule has 0 aliphatic heterocycles. The summed E-state index contributed by atoms with van der Waals surface area (Å²) in [4.78, 5) is 23.6. The van der Waals surface area contributed by atoms with E-state index in [-0.39, 0.29) is 23.7 Å². The molecule has 0 bridgehead atoms. The van der Waals surface area contributed by atoms with Gasteiger partial charge >= 0.3 is 118 Å². The molecular formula is C10H20BrN2NdO2. The van der Waals surface area contributed by atoms with Gasteiger partial charge in [0.15, 0.2) is 0 Å². The maximum absolute atomic E-state index is 11.8. The van der Waals surface area contributed by atoms with Gasteiger partial charge in [-0.05, 0) is 0 Å². The Morgan fingerprint density at radius 1 is 0.938 bits per heavy atom. The van der Waals surface area contributed by atoms with Crippen molar-refractivity contribution >= 4 is 20.8 Å². The number of nitrogens with zero attached hydrogens (tertiary/aromatic N) is 2. The Morgan fingerprint density at radius 2 is 1.19 bits per heavy atom. The van der Waals surface area contributed by atoms with Crippen molar-refractivity contribution < 1.29 is 41.9 Å². The summed E-state index contributed by atoms with van der Waals surface area (Å²) in [5.74, 6) is 0.153. The van der Waals surface area contributed by atoms with Crippen LogP contribution in [0, 0.1) is 44.2 Å². The van der Waals surface area contributed by atoms with Crippen molar-refractivity contribution in [1.82, 2.24) is 1.97 Å². The van der Waals surface area contributed by atoms with Gasteiger partial charge in [-0.25, -0.2) is 0 Å². The average Bonchev–Trinajstić information content (AvgIpc) is 2.23. The van der Waals surface area contributed by atoms with Crippen molar-refractivity contribution in [2.75, 3.05) is 14.1 Å². The topological polar surface area (TPSA) is 40.6 Å². The molecule has 6 heteroatoms. The Bertz CT molecular complexity index is 246. The number of rotatable bonds is 4. The summed E-state index contributed by atoms with van der Waals surface area (Å²) < 4.78 is 3.49. The normalized spacial score (nSPS) is 10.6. The second-order valence-corrected chi connectivity index (χ2v) is 15.7. The van der Waals surface area contributed by atoms with Gasteiger partial charge in [0.25, 0.3) is 0 Å². The molecule has 0 N–H and O–H groups in total. The van der Waals surface area contributed by atoms with E-state index in [1.807, 2.05) is 27.7 Å². The molecule has 4 nitrogen and oxygen atoms in total. The van der Waals surface area contributed by atoms with Gasteiger partial charge in [0.2, 0.25) is 0 Å². The van der Waals surface area contributed by atoms with E-state index in [2.05, 4.69) is 9.01 Å². The van der Waals surface area contributed by atoms with E-state index >= 15 is 0 Å². The molecule has 0 aromatic carbocycles. The first-order valence-corrected chi connectivity index (χ1v) is 15.2. The third-order valence-electron chi connectivity index (χ3n) is 2.20. The summed E-state index contributed by atoms with van der Waals surface area (Å²) in [5, 5.41) is 0. The molecule has 0 aromatic rings. The van der Waals surface area contributed by atoms with E-state index in [0.717, 1.165) is 0 Å². The van der Waals surface area contributed by atoms with Gasteiger partial charge in [-0.1, -0.05) is 0 Å². The molecule has 0 rings (SSSR count). The fourth-order valence-corrected chi connectivity index (χ4v) is 8.04. The minimum atomic E-state index is -2.61. The van der Waals surface area contributed by atoms with Crippen LogP contribution in [0.4, 0.5) is 0 Å². The first-order chi connectivity index (χ1) is 7.20. The summed E-state index contributed by atoms with van der Waals surface area (Å²) in [5.41, 5.74) is 0. The SMILES string of the molecule is CC(C)C(=O)[N](C)[Nd]([Br])[N](C)C(=O)C(C)C. The van der Waals surface area contributed by atoms with Gasteiger partial charge < -0.3 is 0 Å². The number of amides is 2. The minimum absolute atomic E-state index is 0.0231. The van der Waals surface area contributed by atoms with Crippen LogP contribution in [-0.2, 0) is 9.59 Å². The number of carbonyl (C=O) groups is 2. The molecule has 0 aliphatic rings. The quantitative estimate of drug-likeness (QED) is 0.693. The van der Waals surface area contributed by atoms with Gasteiger partial charge in [-0.15, -0.1) is 0 Å². The van der Waals surface area contributed by atoms with Gasteiger partial charge in [-0.2, -0.15) is 0 Å². The van der Waals surface area contributed by atoms with Crippen LogP contribution in [0.1, 0.15) is 27.7 Å². The molecule has 0 saturated heterocycles. The third-order valence-corrected chi connectivity index (χ3v) is 15.1. The van der Waals surface area contributed by atoms with E-state index in [1.54, 1.807) is 16.1 Å². The molecular weight excluding hydrogens is 404 g/mol. The second-order valence-electron chi connectivity index (χ2n) is 4.37. The fraction of sp³-hybridized carbons (Fsp3) is 0.800. The summed E-state index contributed by atoms with van der Waals surface area (Å²) in [6, 6.07) is 0. The molecule has 0 saturated carbocycles. The van der Waals surface area contributed by atoms with Crippen molar-refractivity contribution in [2.24, 2.45) is 11.8 Å². The van der Waals surface area contributed by atoms with Crippen LogP contribution in [-0.4, -0.2) is 27.9 Å². The van der Waals surface area contributed by atoms with Gasteiger partial charge in [0.1, 0.15) is 0 Å². The first-order valence-electron chi connectivity index (χ1n) is 5.27. The number of hydrogen-bond acceptors (Lipinski definition) is 2. The van der Waals surface area contributed by atoms with Crippen LogP contribution >= 0.6 is 9.01 Å². The molecule has 0 aliphatic carbocycles. The van der Waals surface area contributed by atoms with Crippen molar-refractivity contribution in [3.63, 3.8) is 0 Å². The summed E-state index contributed by atoms with van der Waals surface area (Å²) >= 11 is -2.61. The monoisotopic (exact) mass is 421 g/mol. The predicted octanol–water partition coefficient (Wildman–Crippen LogP) is 1.98. The van der Waals surface area contributed by atoms with Crippen LogP contribution in [0.15, 0.2) is 0 Å². The number of hydrogen-bond donors (Lipinski definition) is 0. The van der Waals surface area contributed by atoms with Crippen molar-refractivity contribution in [3.05, 3.63) is 0 Å². The average molecular weight is 424 g/mol. The second kappa shape index (κ2) is 7.26. The first kappa shape index (κ1) is 16.8. The third kappa shape index (κ3) is 4.56. The molecule has 0 aromatic heterocycles. The zero-order valence-electron chi connectivity index (χ0n) is 10.7. The molecule has 0 radical (unpaired) electrons. The van der Waals surface area contributed by atoms with Crippen LogP contribution in [0.5, 0.6) is 0 Å². The van der Waals surface area contributed by atoms with Crippen LogP contribution in [0.25, 0.3) is 0 Å².